The first-order valence-corrected chi connectivity index (χ1v) is 8.55. The van der Waals surface area contributed by atoms with Crippen molar-refractivity contribution in [3.05, 3.63) is 48.0 Å². The molecule has 1 aliphatic carbocycles. The van der Waals surface area contributed by atoms with Crippen molar-refractivity contribution < 1.29 is 9.18 Å². The Bertz CT molecular complexity index is 894. The molecule has 0 aliphatic heterocycles. The van der Waals surface area contributed by atoms with E-state index in [-0.39, 0.29) is 23.7 Å². The van der Waals surface area contributed by atoms with E-state index in [4.69, 9.17) is 0 Å². The first kappa shape index (κ1) is 17.0. The second-order valence-electron chi connectivity index (χ2n) is 6.31. The summed E-state index contributed by atoms with van der Waals surface area (Å²) in [5.41, 5.74) is 1.46. The van der Waals surface area contributed by atoms with E-state index in [9.17, 15) is 9.18 Å². The molecule has 27 heavy (non-hydrogen) atoms. The maximum Gasteiger partial charge on any atom is 0.223 e. The van der Waals surface area contributed by atoms with Crippen LogP contribution >= 0.6 is 0 Å². The van der Waals surface area contributed by atoms with Gasteiger partial charge in [0, 0.05) is 24.9 Å². The van der Waals surface area contributed by atoms with Crippen LogP contribution in [0.25, 0.3) is 11.4 Å². The van der Waals surface area contributed by atoms with Gasteiger partial charge in [-0.3, -0.25) is 4.79 Å². The molecule has 10 heteroatoms. The van der Waals surface area contributed by atoms with Crippen molar-refractivity contribution in [3.63, 3.8) is 0 Å². The highest BCUT2D eigenvalue weighted by atomic mass is 19.1. The number of hydrogen-bond donors (Lipinski definition) is 3. The molecule has 3 N–H and O–H groups in total. The summed E-state index contributed by atoms with van der Waals surface area (Å²) in [5, 5.41) is 19.6. The van der Waals surface area contributed by atoms with E-state index in [2.05, 4.69) is 41.2 Å². The molecule has 1 unspecified atom stereocenters. The predicted molar refractivity (Wildman–Crippen MR) is 93.7 cm³/mol. The summed E-state index contributed by atoms with van der Waals surface area (Å²) in [7, 11) is 0. The van der Waals surface area contributed by atoms with Crippen LogP contribution in [-0.2, 0) is 4.79 Å². The molecule has 0 spiro atoms. The molecule has 0 bridgehead atoms. The molecule has 4 rings (SSSR count). The average Bonchev–Trinajstić information content (AvgIpc) is 3.41. The van der Waals surface area contributed by atoms with Gasteiger partial charge in [0.15, 0.2) is 5.82 Å². The number of hydrogen-bond acceptors (Lipinski definition) is 7. The Kier molecular flexibility index (Phi) is 4.69. The summed E-state index contributed by atoms with van der Waals surface area (Å²) >= 11 is 0. The lowest BCUT2D eigenvalue weighted by atomic mass is 10.1. The second-order valence-corrected chi connectivity index (χ2v) is 6.31. The Morgan fingerprint density at radius 1 is 1.22 bits per heavy atom. The van der Waals surface area contributed by atoms with E-state index in [1.54, 1.807) is 24.5 Å². The van der Waals surface area contributed by atoms with E-state index >= 15 is 0 Å². The van der Waals surface area contributed by atoms with Crippen molar-refractivity contribution in [1.29, 1.82) is 0 Å². The SMILES string of the molecule is O=C(NCC(Nc1ncc(-c2nnn[nH]2)cn1)c1ccc(F)cc1)C1CC1. The third-order valence-electron chi connectivity index (χ3n) is 4.27. The zero-order chi connectivity index (χ0) is 18.6. The van der Waals surface area contributed by atoms with Crippen LogP contribution in [-0.4, -0.2) is 43.0 Å². The van der Waals surface area contributed by atoms with Crippen LogP contribution in [0.5, 0.6) is 0 Å². The number of carbonyl (C=O) groups is 1. The number of benzene rings is 1. The molecule has 1 aromatic carbocycles. The van der Waals surface area contributed by atoms with Gasteiger partial charge in [-0.05, 0) is 41.0 Å². The number of anilines is 1. The van der Waals surface area contributed by atoms with Crippen molar-refractivity contribution in [2.45, 2.75) is 18.9 Å². The quantitative estimate of drug-likeness (QED) is 0.577. The molecule has 2 aromatic heterocycles. The van der Waals surface area contributed by atoms with Gasteiger partial charge in [-0.15, -0.1) is 5.10 Å². The van der Waals surface area contributed by atoms with E-state index in [1.165, 1.54) is 12.1 Å². The van der Waals surface area contributed by atoms with Gasteiger partial charge in [0.25, 0.3) is 0 Å². The van der Waals surface area contributed by atoms with E-state index in [1.807, 2.05) is 0 Å². The molecular weight excluding hydrogens is 351 g/mol. The van der Waals surface area contributed by atoms with Gasteiger partial charge < -0.3 is 10.6 Å². The molecule has 9 nitrogen and oxygen atoms in total. The van der Waals surface area contributed by atoms with Crippen LogP contribution in [0, 0.1) is 11.7 Å². The fourth-order valence-electron chi connectivity index (χ4n) is 2.60. The summed E-state index contributed by atoms with van der Waals surface area (Å²) in [6.07, 6.45) is 5.03. The summed E-state index contributed by atoms with van der Waals surface area (Å²) in [5.74, 6) is 0.679. The summed E-state index contributed by atoms with van der Waals surface area (Å²) in [4.78, 5) is 20.5. The number of tetrazole rings is 1. The average molecular weight is 368 g/mol. The van der Waals surface area contributed by atoms with Crippen LogP contribution in [0.3, 0.4) is 0 Å². The molecule has 1 amide bonds. The van der Waals surface area contributed by atoms with Crippen LogP contribution < -0.4 is 10.6 Å². The summed E-state index contributed by atoms with van der Waals surface area (Å²) in [6, 6.07) is 5.81. The second kappa shape index (κ2) is 7.44. The zero-order valence-electron chi connectivity index (χ0n) is 14.3. The number of H-pyrrole nitrogens is 1. The van der Waals surface area contributed by atoms with Crippen LogP contribution in [0.4, 0.5) is 10.3 Å². The van der Waals surface area contributed by atoms with Gasteiger partial charge in [0.2, 0.25) is 11.9 Å². The first-order valence-electron chi connectivity index (χ1n) is 8.55. The van der Waals surface area contributed by atoms with Crippen LogP contribution in [0.2, 0.25) is 0 Å². The van der Waals surface area contributed by atoms with E-state index in [0.717, 1.165) is 18.4 Å². The number of aromatic nitrogens is 6. The fraction of sp³-hybridized carbons (Fsp3) is 0.294. The molecule has 1 fully saturated rings. The molecule has 138 valence electrons. The lowest BCUT2D eigenvalue weighted by molar-refractivity contribution is -0.122. The lowest BCUT2D eigenvalue weighted by Crippen LogP contribution is -2.32. The highest BCUT2D eigenvalue weighted by molar-refractivity contribution is 5.80. The number of nitrogens with one attached hydrogen (secondary N) is 3. The van der Waals surface area contributed by atoms with Crippen LogP contribution in [0.15, 0.2) is 36.7 Å². The van der Waals surface area contributed by atoms with Gasteiger partial charge >= 0.3 is 0 Å². The van der Waals surface area contributed by atoms with Crippen molar-refractivity contribution >= 4 is 11.9 Å². The summed E-state index contributed by atoms with van der Waals surface area (Å²) in [6.45, 7) is 0.345. The van der Waals surface area contributed by atoms with Crippen molar-refractivity contribution in [1.82, 2.24) is 35.9 Å². The van der Waals surface area contributed by atoms with Gasteiger partial charge in [-0.2, -0.15) is 0 Å². The molecule has 1 atom stereocenters. The molecule has 1 aliphatic rings. The first-order chi connectivity index (χ1) is 13.2. The molecule has 0 radical (unpaired) electrons. The van der Waals surface area contributed by atoms with Gasteiger partial charge in [0.05, 0.1) is 11.6 Å². The minimum atomic E-state index is -0.319. The third kappa shape index (κ3) is 4.22. The molecular formula is C17H17FN8O. The maximum absolute atomic E-state index is 13.3. The third-order valence-corrected chi connectivity index (χ3v) is 4.27. The normalized spacial score (nSPS) is 14.6. The number of carbonyl (C=O) groups excluding carboxylic acids is 1. The number of amides is 1. The highest BCUT2D eigenvalue weighted by Gasteiger charge is 2.29. The van der Waals surface area contributed by atoms with Crippen molar-refractivity contribution in [2.75, 3.05) is 11.9 Å². The van der Waals surface area contributed by atoms with Crippen molar-refractivity contribution in [3.8, 4) is 11.4 Å². The zero-order valence-corrected chi connectivity index (χ0v) is 14.3. The number of aromatic amines is 1. The fourth-order valence-corrected chi connectivity index (χ4v) is 2.60. The standard InChI is InChI=1S/C17H17FN8O/c18-13-5-3-10(4-6-13)14(9-19-16(27)11-1-2-11)22-17-20-7-12(8-21-17)15-23-25-26-24-15/h3-8,11,14H,1-2,9H2,(H,19,27)(H,20,21,22)(H,23,24,25,26). The van der Waals surface area contributed by atoms with E-state index in [0.29, 0.717) is 23.9 Å². The molecule has 0 saturated heterocycles. The minimum absolute atomic E-state index is 0.0398. The number of rotatable bonds is 7. The Balaban J connectivity index is 1.48. The van der Waals surface area contributed by atoms with E-state index < -0.39 is 0 Å². The van der Waals surface area contributed by atoms with Gasteiger partial charge in [-0.1, -0.05) is 12.1 Å². The minimum Gasteiger partial charge on any atom is -0.353 e. The van der Waals surface area contributed by atoms with Crippen molar-refractivity contribution in [2.24, 2.45) is 5.92 Å². The molecule has 1 saturated carbocycles. The monoisotopic (exact) mass is 368 g/mol. The van der Waals surface area contributed by atoms with Gasteiger partial charge in [-0.25, -0.2) is 19.5 Å². The lowest BCUT2D eigenvalue weighted by Gasteiger charge is -2.20. The topological polar surface area (TPSA) is 121 Å². The Morgan fingerprint density at radius 2 is 1.96 bits per heavy atom. The Labute approximate surface area is 153 Å². The highest BCUT2D eigenvalue weighted by Crippen LogP contribution is 2.29. The molecule has 2 heterocycles. The van der Waals surface area contributed by atoms with Gasteiger partial charge in [0.1, 0.15) is 5.82 Å². The summed E-state index contributed by atoms with van der Waals surface area (Å²) < 4.78 is 13.3. The predicted octanol–water partition coefficient (Wildman–Crippen LogP) is 1.48. The molecule has 3 aromatic rings. The largest absolute Gasteiger partial charge is 0.353 e. The van der Waals surface area contributed by atoms with Crippen LogP contribution in [0.1, 0.15) is 24.4 Å². The number of nitrogens with zero attached hydrogens (tertiary/aromatic N) is 5. The maximum atomic E-state index is 13.3. The number of halogens is 1. The Morgan fingerprint density at radius 3 is 2.59 bits per heavy atom. The smallest absolute Gasteiger partial charge is 0.223 e. The Hall–Kier alpha value is -3.43.